The summed E-state index contributed by atoms with van der Waals surface area (Å²) in [6.07, 6.45) is 4.11. The number of aliphatic hydroxyl groups excluding tert-OH is 2. The summed E-state index contributed by atoms with van der Waals surface area (Å²) in [6.45, 7) is 8.64. The number of aliphatic hydroxyl groups is 2. The normalized spacial score (nSPS) is 31.1. The average molecular weight is 348 g/mol. The lowest BCUT2D eigenvalue weighted by molar-refractivity contribution is -0.141. The average Bonchev–Trinajstić information content (AvgIpc) is 2.84. The molecule has 0 radical (unpaired) electrons. The predicted molar refractivity (Wildman–Crippen MR) is 91.4 cm³/mol. The Morgan fingerprint density at radius 1 is 1.48 bits per heavy atom. The van der Waals surface area contributed by atoms with Gasteiger partial charge < -0.3 is 19.7 Å². The van der Waals surface area contributed by atoms with Gasteiger partial charge in [-0.15, -0.1) is 0 Å². The van der Waals surface area contributed by atoms with Crippen LogP contribution in [0.25, 0.3) is 0 Å². The first-order chi connectivity index (χ1) is 11.8. The summed E-state index contributed by atoms with van der Waals surface area (Å²) in [5.41, 5.74) is 2.03. The molecule has 136 valence electrons. The fraction of sp³-hybridized carbons (Fsp3) is 0.474. The van der Waals surface area contributed by atoms with Gasteiger partial charge in [0.25, 0.3) is 0 Å². The maximum Gasteiger partial charge on any atom is 0.336 e. The van der Waals surface area contributed by atoms with Crippen LogP contribution < -0.4 is 0 Å². The number of esters is 2. The molecule has 0 spiro atoms. The Kier molecular flexibility index (Phi) is 6.33. The molecule has 2 rings (SSSR count). The Morgan fingerprint density at radius 2 is 2.20 bits per heavy atom. The Bertz CT molecular complexity index is 642. The van der Waals surface area contributed by atoms with Gasteiger partial charge in [0.2, 0.25) is 0 Å². The van der Waals surface area contributed by atoms with Gasteiger partial charge in [0, 0.05) is 12.0 Å². The first-order valence-electron chi connectivity index (χ1n) is 8.22. The van der Waals surface area contributed by atoms with Crippen LogP contribution in [-0.4, -0.2) is 47.6 Å². The zero-order valence-electron chi connectivity index (χ0n) is 14.4. The third-order valence-corrected chi connectivity index (χ3v) is 4.45. The van der Waals surface area contributed by atoms with Gasteiger partial charge in [0.15, 0.2) is 0 Å². The quantitative estimate of drug-likeness (QED) is 0.455. The monoisotopic (exact) mass is 348 g/mol. The van der Waals surface area contributed by atoms with Gasteiger partial charge in [-0.3, -0.25) is 0 Å². The predicted octanol–water partition coefficient (Wildman–Crippen LogP) is 1.59. The molecule has 0 amide bonds. The SMILES string of the molecule is C=C(CO)C(=O)OC/C1=C\CC/C(C)=C/[C@H](O)[C@H]2C(=C)C(=O)O[C@H]2C1. The summed E-state index contributed by atoms with van der Waals surface area (Å²) in [6, 6.07) is 0. The van der Waals surface area contributed by atoms with E-state index in [4.69, 9.17) is 14.6 Å². The van der Waals surface area contributed by atoms with Crippen molar-refractivity contribution in [3.05, 3.63) is 47.6 Å². The highest BCUT2D eigenvalue weighted by Gasteiger charge is 2.42. The molecule has 1 heterocycles. The molecule has 6 nitrogen and oxygen atoms in total. The molecule has 0 aromatic rings. The summed E-state index contributed by atoms with van der Waals surface area (Å²) in [5.74, 6) is -1.70. The van der Waals surface area contributed by atoms with E-state index in [2.05, 4.69) is 13.2 Å². The highest BCUT2D eigenvalue weighted by atomic mass is 16.6. The highest BCUT2D eigenvalue weighted by molar-refractivity contribution is 5.91. The molecule has 1 saturated heterocycles. The van der Waals surface area contributed by atoms with Crippen molar-refractivity contribution in [3.8, 4) is 0 Å². The maximum atomic E-state index is 11.9. The van der Waals surface area contributed by atoms with Gasteiger partial charge in [0.1, 0.15) is 12.7 Å². The lowest BCUT2D eigenvalue weighted by Gasteiger charge is -2.23. The molecule has 6 heteroatoms. The van der Waals surface area contributed by atoms with Crippen LogP contribution in [0.2, 0.25) is 0 Å². The Labute approximate surface area is 147 Å². The Balaban J connectivity index is 2.17. The molecule has 0 aromatic heterocycles. The largest absolute Gasteiger partial charge is 0.458 e. The van der Waals surface area contributed by atoms with Crippen molar-refractivity contribution in [2.75, 3.05) is 13.2 Å². The molecule has 1 fully saturated rings. The number of rotatable bonds is 4. The van der Waals surface area contributed by atoms with E-state index in [1.54, 1.807) is 6.08 Å². The topological polar surface area (TPSA) is 93.1 Å². The van der Waals surface area contributed by atoms with E-state index >= 15 is 0 Å². The van der Waals surface area contributed by atoms with E-state index in [0.717, 1.165) is 24.0 Å². The molecule has 0 aromatic carbocycles. The summed E-state index contributed by atoms with van der Waals surface area (Å²) < 4.78 is 10.5. The molecule has 25 heavy (non-hydrogen) atoms. The van der Waals surface area contributed by atoms with Crippen molar-refractivity contribution in [1.82, 2.24) is 0 Å². The van der Waals surface area contributed by atoms with E-state index in [0.29, 0.717) is 6.42 Å². The van der Waals surface area contributed by atoms with Gasteiger partial charge in [-0.2, -0.15) is 0 Å². The van der Waals surface area contributed by atoms with E-state index in [1.165, 1.54) is 0 Å². The fourth-order valence-electron chi connectivity index (χ4n) is 3.01. The van der Waals surface area contributed by atoms with Crippen LogP contribution in [0.5, 0.6) is 0 Å². The van der Waals surface area contributed by atoms with Crippen LogP contribution >= 0.6 is 0 Å². The Hall–Kier alpha value is -2.18. The first-order valence-corrected chi connectivity index (χ1v) is 8.22. The third-order valence-electron chi connectivity index (χ3n) is 4.45. The third kappa shape index (κ3) is 4.67. The Morgan fingerprint density at radius 3 is 2.88 bits per heavy atom. The molecule has 0 bridgehead atoms. The number of allylic oxidation sites excluding steroid dienone is 2. The summed E-state index contributed by atoms with van der Waals surface area (Å²) >= 11 is 0. The molecule has 3 atom stereocenters. The van der Waals surface area contributed by atoms with Gasteiger partial charge in [-0.25, -0.2) is 9.59 Å². The lowest BCUT2D eigenvalue weighted by Crippen LogP contribution is -2.29. The van der Waals surface area contributed by atoms with Crippen LogP contribution in [0.15, 0.2) is 47.6 Å². The zero-order chi connectivity index (χ0) is 18.6. The summed E-state index contributed by atoms with van der Waals surface area (Å²) in [4.78, 5) is 23.5. The molecular weight excluding hydrogens is 324 g/mol. The minimum atomic E-state index is -0.847. The minimum absolute atomic E-state index is 0.0178. The van der Waals surface area contributed by atoms with Crippen molar-refractivity contribution in [2.45, 2.75) is 38.4 Å². The number of hydrogen-bond acceptors (Lipinski definition) is 6. The van der Waals surface area contributed by atoms with Crippen LogP contribution in [0, 0.1) is 5.92 Å². The van der Waals surface area contributed by atoms with Gasteiger partial charge >= 0.3 is 11.9 Å². The van der Waals surface area contributed by atoms with E-state index in [1.807, 2.05) is 13.0 Å². The lowest BCUT2D eigenvalue weighted by atomic mass is 9.85. The van der Waals surface area contributed by atoms with E-state index in [9.17, 15) is 14.7 Å². The van der Waals surface area contributed by atoms with Crippen molar-refractivity contribution in [1.29, 1.82) is 0 Å². The van der Waals surface area contributed by atoms with Crippen molar-refractivity contribution < 1.29 is 29.3 Å². The van der Waals surface area contributed by atoms with E-state index in [-0.39, 0.29) is 17.8 Å². The second kappa shape index (κ2) is 8.27. The molecule has 2 N–H and O–H groups in total. The molecule has 0 unspecified atom stereocenters. The van der Waals surface area contributed by atoms with Crippen molar-refractivity contribution >= 4 is 11.9 Å². The van der Waals surface area contributed by atoms with Gasteiger partial charge in [-0.05, 0) is 25.3 Å². The van der Waals surface area contributed by atoms with Crippen LogP contribution in [-0.2, 0) is 19.1 Å². The fourth-order valence-corrected chi connectivity index (χ4v) is 3.01. The maximum absolute atomic E-state index is 11.9. The number of ether oxygens (including phenoxy) is 2. The van der Waals surface area contributed by atoms with Crippen LogP contribution in [0.1, 0.15) is 26.2 Å². The zero-order valence-corrected chi connectivity index (χ0v) is 14.4. The van der Waals surface area contributed by atoms with Crippen molar-refractivity contribution in [3.63, 3.8) is 0 Å². The molecule has 2 aliphatic rings. The second-order valence-electron chi connectivity index (χ2n) is 6.44. The number of carbonyl (C=O) groups excluding carboxylic acids is 2. The summed E-state index contributed by atoms with van der Waals surface area (Å²) in [5, 5.41) is 19.4. The molecular formula is C19H24O6. The molecule has 1 aliphatic heterocycles. The molecule has 0 saturated carbocycles. The van der Waals surface area contributed by atoms with E-state index < -0.39 is 36.7 Å². The number of fused-ring (bicyclic) bond motifs is 1. The standard InChI is InChI=1S/C19H24O6/c1-11-5-4-6-14(10-24-18(22)12(2)9-20)8-16-17(15(21)7-11)13(3)19(23)25-16/h6-7,15-17,20-21H,2-5,8-10H2,1H3/b11-7+,14-6-/t15-,16-,17+/m0/s1. The minimum Gasteiger partial charge on any atom is -0.458 e. The van der Waals surface area contributed by atoms with Gasteiger partial charge in [0.05, 0.1) is 24.2 Å². The number of hydrogen-bond donors (Lipinski definition) is 2. The second-order valence-corrected chi connectivity index (χ2v) is 6.44. The van der Waals surface area contributed by atoms with Crippen LogP contribution in [0.4, 0.5) is 0 Å². The van der Waals surface area contributed by atoms with Gasteiger partial charge in [-0.1, -0.05) is 30.9 Å². The highest BCUT2D eigenvalue weighted by Crippen LogP contribution is 2.35. The van der Waals surface area contributed by atoms with Crippen LogP contribution in [0.3, 0.4) is 0 Å². The van der Waals surface area contributed by atoms with Crippen molar-refractivity contribution in [2.24, 2.45) is 5.92 Å². The summed E-state index contributed by atoms with van der Waals surface area (Å²) in [7, 11) is 0. The first kappa shape index (κ1) is 19.1. The molecule has 1 aliphatic carbocycles. The number of carbonyl (C=O) groups is 2. The smallest absolute Gasteiger partial charge is 0.336 e.